The number of anilines is 1. The predicted octanol–water partition coefficient (Wildman–Crippen LogP) is 3.02. The summed E-state index contributed by atoms with van der Waals surface area (Å²) in [6.45, 7) is 6.78. The number of nitrogens with zero attached hydrogens (tertiary/aromatic N) is 2. The third-order valence-electron chi connectivity index (χ3n) is 3.09. The van der Waals surface area contributed by atoms with Gasteiger partial charge in [0.15, 0.2) is 0 Å². The fraction of sp³-hybridized carbons (Fsp3) is 0.400. The zero-order valence-electron chi connectivity index (χ0n) is 12.0. The average molecular weight is 259 g/mol. The molecule has 0 aliphatic heterocycles. The first-order valence-electron chi connectivity index (χ1n) is 6.42. The van der Waals surface area contributed by atoms with E-state index in [0.717, 1.165) is 17.3 Å². The summed E-state index contributed by atoms with van der Waals surface area (Å²) in [6.07, 6.45) is 2.03. The van der Waals surface area contributed by atoms with Crippen LogP contribution in [0, 0.1) is 6.92 Å². The van der Waals surface area contributed by atoms with E-state index in [1.807, 2.05) is 45.2 Å². The van der Waals surface area contributed by atoms with E-state index in [4.69, 9.17) is 4.74 Å². The first-order valence-corrected chi connectivity index (χ1v) is 6.42. The molecule has 2 aromatic rings. The average Bonchev–Trinajstić information content (AvgIpc) is 2.79. The minimum Gasteiger partial charge on any atom is -0.377 e. The van der Waals surface area contributed by atoms with Gasteiger partial charge in [-0.25, -0.2) is 4.98 Å². The number of hydrogen-bond donors (Lipinski definition) is 1. The molecule has 2 rings (SSSR count). The van der Waals surface area contributed by atoms with Crippen molar-refractivity contribution in [1.82, 2.24) is 9.55 Å². The number of aromatic nitrogens is 2. The lowest BCUT2D eigenvalue weighted by molar-refractivity contribution is 0.0342. The highest BCUT2D eigenvalue weighted by Crippen LogP contribution is 2.17. The van der Waals surface area contributed by atoms with Gasteiger partial charge in [-0.15, -0.1) is 0 Å². The fourth-order valence-corrected chi connectivity index (χ4v) is 1.77. The molecule has 0 aliphatic carbocycles. The lowest BCUT2D eigenvalue weighted by atomic mass is 10.1. The maximum Gasteiger partial charge on any atom is 0.207 e. The number of para-hydroxylation sites is 1. The van der Waals surface area contributed by atoms with E-state index >= 15 is 0 Å². The van der Waals surface area contributed by atoms with E-state index in [9.17, 15) is 0 Å². The Morgan fingerprint density at radius 1 is 1.26 bits per heavy atom. The number of ether oxygens (including phenoxy) is 1. The minimum atomic E-state index is -0.221. The molecule has 19 heavy (non-hydrogen) atoms. The van der Waals surface area contributed by atoms with Crippen LogP contribution in [0.25, 0.3) is 5.69 Å². The number of hydrogen-bond acceptors (Lipinski definition) is 3. The minimum absolute atomic E-state index is 0.221. The fourth-order valence-electron chi connectivity index (χ4n) is 1.77. The lowest BCUT2D eigenvalue weighted by Crippen LogP contribution is -2.32. The Kier molecular flexibility index (Phi) is 3.90. The molecule has 4 heteroatoms. The first kappa shape index (κ1) is 13.6. The van der Waals surface area contributed by atoms with Gasteiger partial charge in [-0.1, -0.05) is 18.2 Å². The molecule has 1 N–H and O–H groups in total. The van der Waals surface area contributed by atoms with Crippen LogP contribution in [0.4, 0.5) is 5.95 Å². The highest BCUT2D eigenvalue weighted by atomic mass is 16.5. The van der Waals surface area contributed by atoms with Gasteiger partial charge in [0.05, 0.1) is 11.3 Å². The Morgan fingerprint density at radius 3 is 2.58 bits per heavy atom. The second-order valence-electron chi connectivity index (χ2n) is 5.23. The van der Waals surface area contributed by atoms with Gasteiger partial charge in [0.25, 0.3) is 0 Å². The van der Waals surface area contributed by atoms with Crippen LogP contribution >= 0.6 is 0 Å². The Balaban J connectivity index is 2.22. The van der Waals surface area contributed by atoms with Crippen LogP contribution in [0.5, 0.6) is 0 Å². The molecule has 0 aliphatic rings. The molecule has 0 spiro atoms. The summed E-state index contributed by atoms with van der Waals surface area (Å²) in [6, 6.07) is 10.2. The van der Waals surface area contributed by atoms with E-state index in [1.54, 1.807) is 7.11 Å². The summed E-state index contributed by atoms with van der Waals surface area (Å²) < 4.78 is 7.47. The molecule has 1 aromatic carbocycles. The van der Waals surface area contributed by atoms with Gasteiger partial charge in [-0.05, 0) is 32.9 Å². The number of nitrogens with one attached hydrogen (secondary N) is 1. The van der Waals surface area contributed by atoms with Gasteiger partial charge in [-0.3, -0.25) is 4.57 Å². The smallest absolute Gasteiger partial charge is 0.207 e. The Bertz CT molecular complexity index is 532. The van der Waals surface area contributed by atoms with Crippen LogP contribution < -0.4 is 5.32 Å². The summed E-state index contributed by atoms with van der Waals surface area (Å²) in [5.74, 6) is 0.842. The molecule has 0 fully saturated rings. The molecule has 4 nitrogen and oxygen atoms in total. The maximum atomic E-state index is 5.41. The highest BCUT2D eigenvalue weighted by Gasteiger charge is 2.17. The van der Waals surface area contributed by atoms with Crippen molar-refractivity contribution in [3.63, 3.8) is 0 Å². The topological polar surface area (TPSA) is 39.1 Å². The van der Waals surface area contributed by atoms with E-state index < -0.39 is 0 Å². The largest absolute Gasteiger partial charge is 0.377 e. The normalized spacial score (nSPS) is 11.6. The first-order chi connectivity index (χ1) is 9.02. The third-order valence-corrected chi connectivity index (χ3v) is 3.09. The van der Waals surface area contributed by atoms with E-state index in [-0.39, 0.29) is 5.60 Å². The highest BCUT2D eigenvalue weighted by molar-refractivity contribution is 5.43. The van der Waals surface area contributed by atoms with Crippen molar-refractivity contribution in [2.45, 2.75) is 26.4 Å². The molecule has 1 aromatic heterocycles. The molecule has 0 saturated carbocycles. The van der Waals surface area contributed by atoms with Crippen molar-refractivity contribution in [2.75, 3.05) is 19.0 Å². The number of benzene rings is 1. The van der Waals surface area contributed by atoms with E-state index in [0.29, 0.717) is 6.54 Å². The van der Waals surface area contributed by atoms with Crippen LogP contribution in [0.2, 0.25) is 0 Å². The number of methoxy groups -OCH3 is 1. The summed E-state index contributed by atoms with van der Waals surface area (Å²) >= 11 is 0. The van der Waals surface area contributed by atoms with Crippen LogP contribution in [-0.2, 0) is 4.74 Å². The van der Waals surface area contributed by atoms with Crippen LogP contribution in [0.15, 0.2) is 36.5 Å². The Morgan fingerprint density at radius 2 is 1.95 bits per heavy atom. The molecule has 0 unspecified atom stereocenters. The molecule has 0 saturated heterocycles. The number of rotatable bonds is 5. The van der Waals surface area contributed by atoms with E-state index in [2.05, 4.69) is 27.0 Å². The predicted molar refractivity (Wildman–Crippen MR) is 77.9 cm³/mol. The number of imidazole rings is 1. The summed E-state index contributed by atoms with van der Waals surface area (Å²) in [7, 11) is 1.72. The van der Waals surface area contributed by atoms with Crippen molar-refractivity contribution in [2.24, 2.45) is 0 Å². The molecule has 0 atom stereocenters. The standard InChI is InChI=1S/C15H21N3O/c1-12-10-18(13-8-6-5-7-9-13)14(17-12)16-11-15(2,3)19-4/h5-10H,11H2,1-4H3,(H,16,17). The van der Waals surface area contributed by atoms with Crippen molar-refractivity contribution in [3.8, 4) is 5.69 Å². The Hall–Kier alpha value is -1.81. The van der Waals surface area contributed by atoms with Gasteiger partial charge in [-0.2, -0.15) is 0 Å². The lowest BCUT2D eigenvalue weighted by Gasteiger charge is -2.23. The molecule has 0 amide bonds. The van der Waals surface area contributed by atoms with Crippen molar-refractivity contribution < 1.29 is 4.74 Å². The molecule has 102 valence electrons. The van der Waals surface area contributed by atoms with Gasteiger partial charge in [0, 0.05) is 25.5 Å². The zero-order chi connectivity index (χ0) is 13.9. The summed E-state index contributed by atoms with van der Waals surface area (Å²) in [5, 5.41) is 3.35. The monoisotopic (exact) mass is 259 g/mol. The summed E-state index contributed by atoms with van der Waals surface area (Å²) in [5.41, 5.74) is 1.86. The van der Waals surface area contributed by atoms with Gasteiger partial charge in [0.2, 0.25) is 5.95 Å². The van der Waals surface area contributed by atoms with Crippen LogP contribution in [0.3, 0.4) is 0 Å². The second kappa shape index (κ2) is 5.45. The molecular formula is C15H21N3O. The summed E-state index contributed by atoms with van der Waals surface area (Å²) in [4.78, 5) is 4.52. The van der Waals surface area contributed by atoms with Crippen molar-refractivity contribution >= 4 is 5.95 Å². The molecule has 1 heterocycles. The van der Waals surface area contributed by atoms with E-state index in [1.165, 1.54) is 0 Å². The van der Waals surface area contributed by atoms with Gasteiger partial charge < -0.3 is 10.1 Å². The number of aryl methyl sites for hydroxylation is 1. The molecular weight excluding hydrogens is 238 g/mol. The Labute approximate surface area is 114 Å². The molecule has 0 bridgehead atoms. The SMILES string of the molecule is COC(C)(C)CNc1nc(C)cn1-c1ccccc1. The molecule has 0 radical (unpaired) electrons. The quantitative estimate of drug-likeness (QED) is 0.897. The van der Waals surface area contributed by atoms with Gasteiger partial charge >= 0.3 is 0 Å². The van der Waals surface area contributed by atoms with Crippen LogP contribution in [0.1, 0.15) is 19.5 Å². The van der Waals surface area contributed by atoms with Crippen molar-refractivity contribution in [3.05, 3.63) is 42.2 Å². The third kappa shape index (κ3) is 3.35. The maximum absolute atomic E-state index is 5.41. The van der Waals surface area contributed by atoms with Gasteiger partial charge in [0.1, 0.15) is 0 Å². The second-order valence-corrected chi connectivity index (χ2v) is 5.23. The zero-order valence-corrected chi connectivity index (χ0v) is 12.0. The van der Waals surface area contributed by atoms with Crippen molar-refractivity contribution in [1.29, 1.82) is 0 Å². The van der Waals surface area contributed by atoms with Crippen LogP contribution in [-0.4, -0.2) is 28.8 Å².